The second-order valence-corrected chi connectivity index (χ2v) is 11.8. The number of hydrogen-bond acceptors (Lipinski definition) is 7. The predicted molar refractivity (Wildman–Crippen MR) is 139 cm³/mol. The third-order valence-electron chi connectivity index (χ3n) is 6.35. The van der Waals surface area contributed by atoms with Gasteiger partial charge in [0, 0.05) is 24.3 Å². The third kappa shape index (κ3) is 7.67. The number of carbonyl (C=O) groups excluding carboxylic acids is 3. The van der Waals surface area contributed by atoms with Crippen molar-refractivity contribution in [1.82, 2.24) is 4.90 Å². The van der Waals surface area contributed by atoms with E-state index in [2.05, 4.69) is 0 Å². The highest BCUT2D eigenvalue weighted by Gasteiger charge is 2.40. The number of amides is 1. The molecule has 0 saturated carbocycles. The van der Waals surface area contributed by atoms with Gasteiger partial charge >= 0.3 is 24.2 Å². The van der Waals surface area contributed by atoms with E-state index in [1.165, 1.54) is 24.2 Å². The van der Waals surface area contributed by atoms with E-state index in [0.29, 0.717) is 42.8 Å². The van der Waals surface area contributed by atoms with E-state index in [0.717, 1.165) is 12.1 Å². The van der Waals surface area contributed by atoms with Crippen molar-refractivity contribution in [3.63, 3.8) is 0 Å². The van der Waals surface area contributed by atoms with Gasteiger partial charge in [0.15, 0.2) is 6.04 Å². The molecule has 2 heterocycles. The maximum absolute atomic E-state index is 13.7. The number of piperidine rings is 1. The summed E-state index contributed by atoms with van der Waals surface area (Å²) in [5.74, 6) is -1.37. The van der Waals surface area contributed by atoms with Gasteiger partial charge in [-0.25, -0.2) is 9.59 Å². The molecule has 0 aromatic heterocycles. The molecule has 0 spiro atoms. The van der Waals surface area contributed by atoms with Crippen molar-refractivity contribution in [2.24, 2.45) is 5.92 Å². The van der Waals surface area contributed by atoms with Gasteiger partial charge in [0.1, 0.15) is 11.2 Å². The summed E-state index contributed by atoms with van der Waals surface area (Å²) in [5.41, 5.74) is -1.00. The van der Waals surface area contributed by atoms with Crippen LogP contribution in [0, 0.1) is 5.92 Å². The minimum Gasteiger partial charge on any atom is -0.467 e. The second kappa shape index (κ2) is 11.1. The van der Waals surface area contributed by atoms with Gasteiger partial charge in [0.05, 0.1) is 25.1 Å². The lowest BCUT2D eigenvalue weighted by Crippen LogP contribution is -2.44. The zero-order valence-electron chi connectivity index (χ0n) is 23.5. The van der Waals surface area contributed by atoms with Crippen molar-refractivity contribution in [3.8, 4) is 0 Å². The number of esters is 2. The summed E-state index contributed by atoms with van der Waals surface area (Å²) in [4.78, 5) is 41.0. The molecule has 2 aliphatic heterocycles. The lowest BCUT2D eigenvalue weighted by atomic mass is 9.94. The normalized spacial score (nSPS) is 19.0. The SMILES string of the molecule is COC(=O)[C@H]1C=C(c2ccc(C(F)(F)F)cc2N2CCC(C(=O)OC(C)(C)C)CC2)CN1C(=O)OC(C)(C)C. The summed E-state index contributed by atoms with van der Waals surface area (Å²) in [6.07, 6.45) is -2.95. The number of halogens is 3. The van der Waals surface area contributed by atoms with Gasteiger partial charge in [0.25, 0.3) is 0 Å². The van der Waals surface area contributed by atoms with E-state index in [9.17, 15) is 27.6 Å². The average molecular weight is 555 g/mol. The van der Waals surface area contributed by atoms with E-state index in [1.54, 1.807) is 46.4 Å². The Morgan fingerprint density at radius 1 is 0.897 bits per heavy atom. The highest BCUT2D eigenvalue weighted by atomic mass is 19.4. The van der Waals surface area contributed by atoms with Crippen LogP contribution in [0.3, 0.4) is 0 Å². The van der Waals surface area contributed by atoms with Crippen molar-refractivity contribution in [2.75, 3.05) is 31.6 Å². The first kappa shape index (κ1) is 30.3. The number of alkyl halides is 3. The number of carbonyl (C=O) groups is 3. The Morgan fingerprint density at radius 3 is 2.00 bits per heavy atom. The van der Waals surface area contributed by atoms with Crippen LogP contribution < -0.4 is 4.90 Å². The smallest absolute Gasteiger partial charge is 0.416 e. The van der Waals surface area contributed by atoms with Crippen molar-refractivity contribution < 1.29 is 41.8 Å². The van der Waals surface area contributed by atoms with Crippen LogP contribution >= 0.6 is 0 Å². The minimum absolute atomic E-state index is 0.0541. The first-order valence-electron chi connectivity index (χ1n) is 12.9. The highest BCUT2D eigenvalue weighted by molar-refractivity contribution is 5.92. The highest BCUT2D eigenvalue weighted by Crippen LogP contribution is 2.39. The zero-order valence-corrected chi connectivity index (χ0v) is 23.5. The second-order valence-electron chi connectivity index (χ2n) is 11.8. The zero-order chi connectivity index (χ0) is 29.3. The van der Waals surface area contributed by atoms with Crippen LogP contribution in [0.2, 0.25) is 0 Å². The summed E-state index contributed by atoms with van der Waals surface area (Å²) in [7, 11) is 1.19. The van der Waals surface area contributed by atoms with E-state index < -0.39 is 41.0 Å². The summed E-state index contributed by atoms with van der Waals surface area (Å²) < 4.78 is 56.9. The number of nitrogens with zero attached hydrogens (tertiary/aromatic N) is 2. The summed E-state index contributed by atoms with van der Waals surface area (Å²) in [6.45, 7) is 11.0. The molecule has 1 atom stereocenters. The Kier molecular flexibility index (Phi) is 8.62. The molecule has 39 heavy (non-hydrogen) atoms. The molecule has 0 unspecified atom stereocenters. The van der Waals surface area contributed by atoms with E-state index in [-0.39, 0.29) is 18.4 Å². The van der Waals surface area contributed by atoms with Crippen LogP contribution in [-0.2, 0) is 30.0 Å². The standard InChI is InChI=1S/C28H37F3N2O6/c1-26(2,3)38-23(34)17-10-12-32(13-11-17)21-15-19(28(29,30)31)8-9-20(21)18-14-22(24(35)37-7)33(16-18)25(36)39-27(4,5)6/h8-9,14-15,17,22H,10-13,16H2,1-7H3/t22-/m1/s1. The van der Waals surface area contributed by atoms with Gasteiger partial charge < -0.3 is 19.1 Å². The van der Waals surface area contributed by atoms with Gasteiger partial charge in [-0.1, -0.05) is 6.07 Å². The topological polar surface area (TPSA) is 85.4 Å². The average Bonchev–Trinajstić information content (AvgIpc) is 3.26. The first-order chi connectivity index (χ1) is 17.9. The largest absolute Gasteiger partial charge is 0.467 e. The van der Waals surface area contributed by atoms with Gasteiger partial charge in [0.2, 0.25) is 0 Å². The molecule has 1 aromatic rings. The van der Waals surface area contributed by atoms with E-state index in [4.69, 9.17) is 14.2 Å². The van der Waals surface area contributed by atoms with Crippen molar-refractivity contribution in [3.05, 3.63) is 35.4 Å². The molecule has 216 valence electrons. The number of rotatable bonds is 4. The van der Waals surface area contributed by atoms with Crippen LogP contribution in [-0.4, -0.2) is 66.9 Å². The molecule has 1 aromatic carbocycles. The van der Waals surface area contributed by atoms with Gasteiger partial charge in [-0.2, -0.15) is 13.2 Å². The lowest BCUT2D eigenvalue weighted by molar-refractivity contribution is -0.160. The van der Waals surface area contributed by atoms with E-state index >= 15 is 0 Å². The molecule has 1 amide bonds. The molecule has 0 bridgehead atoms. The summed E-state index contributed by atoms with van der Waals surface area (Å²) >= 11 is 0. The Hall–Kier alpha value is -3.24. The monoisotopic (exact) mass is 554 g/mol. The quantitative estimate of drug-likeness (QED) is 0.362. The van der Waals surface area contributed by atoms with Crippen LogP contribution in [0.15, 0.2) is 24.3 Å². The molecule has 0 aliphatic carbocycles. The van der Waals surface area contributed by atoms with Gasteiger partial charge in [-0.05, 0) is 78.2 Å². The third-order valence-corrected chi connectivity index (χ3v) is 6.35. The van der Waals surface area contributed by atoms with Crippen LogP contribution in [0.5, 0.6) is 0 Å². The fourth-order valence-corrected chi connectivity index (χ4v) is 4.59. The van der Waals surface area contributed by atoms with Crippen molar-refractivity contribution in [1.29, 1.82) is 0 Å². The number of anilines is 1. The molecular weight excluding hydrogens is 517 g/mol. The Bertz CT molecular complexity index is 1130. The van der Waals surface area contributed by atoms with Crippen molar-refractivity contribution >= 4 is 29.3 Å². The van der Waals surface area contributed by atoms with E-state index in [1.807, 2.05) is 0 Å². The molecular formula is C28H37F3N2O6. The molecule has 8 nitrogen and oxygen atoms in total. The molecule has 11 heteroatoms. The van der Waals surface area contributed by atoms with Crippen LogP contribution in [0.4, 0.5) is 23.7 Å². The fraction of sp³-hybridized carbons (Fsp3) is 0.607. The molecule has 1 saturated heterocycles. The van der Waals surface area contributed by atoms with Gasteiger partial charge in [-0.3, -0.25) is 9.69 Å². The Balaban J connectivity index is 1.94. The fourth-order valence-electron chi connectivity index (χ4n) is 4.59. The molecule has 0 N–H and O–H groups in total. The number of benzene rings is 1. The Morgan fingerprint density at radius 2 is 1.49 bits per heavy atom. The van der Waals surface area contributed by atoms with Crippen LogP contribution in [0.1, 0.15) is 65.5 Å². The first-order valence-corrected chi connectivity index (χ1v) is 12.9. The predicted octanol–water partition coefficient (Wildman–Crippen LogP) is 5.44. The molecule has 3 rings (SSSR count). The number of ether oxygens (including phenoxy) is 3. The molecule has 1 fully saturated rings. The minimum atomic E-state index is -4.57. The maximum Gasteiger partial charge on any atom is 0.416 e. The maximum atomic E-state index is 13.7. The molecule has 2 aliphatic rings. The molecule has 0 radical (unpaired) electrons. The number of hydrogen-bond donors (Lipinski definition) is 0. The summed E-state index contributed by atoms with van der Waals surface area (Å²) in [6, 6.07) is 2.33. The van der Waals surface area contributed by atoms with Crippen LogP contribution in [0.25, 0.3) is 5.57 Å². The van der Waals surface area contributed by atoms with Crippen molar-refractivity contribution in [2.45, 2.75) is 77.8 Å². The Labute approximate surface area is 227 Å². The number of methoxy groups -OCH3 is 1. The summed E-state index contributed by atoms with van der Waals surface area (Å²) in [5, 5.41) is 0. The lowest BCUT2D eigenvalue weighted by Gasteiger charge is -2.35. The van der Waals surface area contributed by atoms with Gasteiger partial charge in [-0.15, -0.1) is 0 Å².